The van der Waals surface area contributed by atoms with E-state index >= 15 is 0 Å². The van der Waals surface area contributed by atoms with E-state index in [0.29, 0.717) is 12.4 Å². The number of hydrogen-bond acceptors (Lipinski definition) is 5. The Hall–Kier alpha value is -1.36. The van der Waals surface area contributed by atoms with E-state index in [1.165, 1.54) is 0 Å². The molecule has 0 aliphatic rings. The second-order valence-electron chi connectivity index (χ2n) is 3.46. The highest BCUT2D eigenvalue weighted by Crippen LogP contribution is 2.12. The van der Waals surface area contributed by atoms with Crippen LogP contribution in [0.3, 0.4) is 0 Å². The summed E-state index contributed by atoms with van der Waals surface area (Å²) in [5, 5.41) is 8.82. The number of aryl methyl sites for hydroxylation is 1. The number of aliphatic hydroxyl groups excluding tert-OH is 1. The van der Waals surface area contributed by atoms with Crippen LogP contribution < -0.4 is 10.6 Å². The molecule has 1 rings (SSSR count). The lowest BCUT2D eigenvalue weighted by atomic mass is 10.3. The lowest BCUT2D eigenvalue weighted by Crippen LogP contribution is -2.23. The van der Waals surface area contributed by atoms with Crippen molar-refractivity contribution in [3.63, 3.8) is 0 Å². The first kappa shape index (κ1) is 11.7. The number of hydrogen-bond donors (Lipinski definition) is 2. The number of nitrogen functional groups attached to an aromatic ring is 1. The zero-order valence-corrected chi connectivity index (χ0v) is 9.27. The van der Waals surface area contributed by atoms with Gasteiger partial charge >= 0.3 is 0 Å². The van der Waals surface area contributed by atoms with Gasteiger partial charge in [-0.3, -0.25) is 0 Å². The average molecular weight is 210 g/mol. The van der Waals surface area contributed by atoms with Crippen LogP contribution in [0.2, 0.25) is 0 Å². The number of nitrogens with zero attached hydrogens (tertiary/aromatic N) is 3. The fourth-order valence-corrected chi connectivity index (χ4v) is 1.30. The maximum absolute atomic E-state index is 8.82. The zero-order valence-electron chi connectivity index (χ0n) is 9.27. The molecule has 5 nitrogen and oxygen atoms in total. The van der Waals surface area contributed by atoms with Gasteiger partial charge in [-0.1, -0.05) is 6.92 Å². The summed E-state index contributed by atoms with van der Waals surface area (Å²) in [5.74, 6) is 2.01. The van der Waals surface area contributed by atoms with Crippen LogP contribution in [0.25, 0.3) is 0 Å². The Morgan fingerprint density at radius 3 is 2.80 bits per heavy atom. The Balaban J connectivity index is 2.87. The van der Waals surface area contributed by atoms with E-state index in [1.54, 1.807) is 6.07 Å². The van der Waals surface area contributed by atoms with Gasteiger partial charge in [0.05, 0.1) is 6.61 Å². The number of nitrogens with two attached hydrogens (primary N) is 1. The van der Waals surface area contributed by atoms with Gasteiger partial charge in [0, 0.05) is 26.1 Å². The molecule has 3 N–H and O–H groups in total. The predicted molar refractivity (Wildman–Crippen MR) is 60.8 cm³/mol. The van der Waals surface area contributed by atoms with Crippen molar-refractivity contribution in [3.05, 3.63) is 11.9 Å². The molecule has 0 fully saturated rings. The third-order valence-electron chi connectivity index (χ3n) is 2.08. The molecule has 0 saturated carbocycles. The topological polar surface area (TPSA) is 75.3 Å². The molecule has 0 aliphatic carbocycles. The van der Waals surface area contributed by atoms with Crippen LogP contribution in [-0.4, -0.2) is 35.3 Å². The van der Waals surface area contributed by atoms with Crippen molar-refractivity contribution in [1.82, 2.24) is 9.97 Å². The second kappa shape index (κ2) is 5.50. The van der Waals surface area contributed by atoms with Crippen molar-refractivity contribution in [3.8, 4) is 0 Å². The molecular formula is C10H18N4O. The van der Waals surface area contributed by atoms with E-state index in [1.807, 2.05) is 11.9 Å². The van der Waals surface area contributed by atoms with Gasteiger partial charge < -0.3 is 15.7 Å². The average Bonchev–Trinajstić information content (AvgIpc) is 2.17. The van der Waals surface area contributed by atoms with Gasteiger partial charge in [-0.2, -0.15) is 0 Å². The Bertz CT molecular complexity index is 316. The van der Waals surface area contributed by atoms with Gasteiger partial charge in [-0.05, 0) is 6.42 Å². The SMILES string of the molecule is CCCc1nc(N)cc(N(C)CCO)n1. The van der Waals surface area contributed by atoms with Gasteiger partial charge in [0.2, 0.25) is 0 Å². The molecule has 1 aromatic rings. The zero-order chi connectivity index (χ0) is 11.3. The summed E-state index contributed by atoms with van der Waals surface area (Å²) < 4.78 is 0. The van der Waals surface area contributed by atoms with E-state index in [9.17, 15) is 0 Å². The number of aliphatic hydroxyl groups is 1. The summed E-state index contributed by atoms with van der Waals surface area (Å²) in [7, 11) is 1.87. The van der Waals surface area contributed by atoms with Crippen LogP contribution in [0.1, 0.15) is 19.2 Å². The normalized spacial score (nSPS) is 10.3. The summed E-state index contributed by atoms with van der Waals surface area (Å²) in [4.78, 5) is 10.4. The highest BCUT2D eigenvalue weighted by atomic mass is 16.3. The second-order valence-corrected chi connectivity index (χ2v) is 3.46. The van der Waals surface area contributed by atoms with Gasteiger partial charge in [-0.15, -0.1) is 0 Å². The van der Waals surface area contributed by atoms with Crippen molar-refractivity contribution in [2.24, 2.45) is 0 Å². The monoisotopic (exact) mass is 210 g/mol. The fraction of sp³-hybridized carbons (Fsp3) is 0.600. The van der Waals surface area contributed by atoms with Crippen LogP contribution >= 0.6 is 0 Å². The van der Waals surface area contributed by atoms with E-state index in [4.69, 9.17) is 10.8 Å². The number of anilines is 2. The Labute approximate surface area is 90.0 Å². The quantitative estimate of drug-likeness (QED) is 0.737. The van der Waals surface area contributed by atoms with Crippen molar-refractivity contribution in [2.75, 3.05) is 30.8 Å². The third kappa shape index (κ3) is 3.36. The van der Waals surface area contributed by atoms with E-state index in [2.05, 4.69) is 16.9 Å². The predicted octanol–water partition coefficient (Wildman–Crippen LogP) is 0.440. The maximum atomic E-state index is 8.82. The molecule has 0 aromatic carbocycles. The fourth-order valence-electron chi connectivity index (χ4n) is 1.30. The smallest absolute Gasteiger partial charge is 0.134 e. The molecule has 5 heteroatoms. The summed E-state index contributed by atoms with van der Waals surface area (Å²) in [5.41, 5.74) is 5.68. The molecule has 0 aliphatic heterocycles. The first-order valence-corrected chi connectivity index (χ1v) is 5.12. The number of rotatable bonds is 5. The number of aromatic nitrogens is 2. The van der Waals surface area contributed by atoms with Crippen LogP contribution in [0.5, 0.6) is 0 Å². The summed E-state index contributed by atoms with van der Waals surface area (Å²) in [6.07, 6.45) is 1.82. The largest absolute Gasteiger partial charge is 0.395 e. The van der Waals surface area contributed by atoms with Crippen LogP contribution in [0.15, 0.2) is 6.07 Å². The molecule has 84 valence electrons. The molecular weight excluding hydrogens is 192 g/mol. The molecule has 0 amide bonds. The van der Waals surface area contributed by atoms with Crippen LogP contribution in [0.4, 0.5) is 11.6 Å². The Kier molecular flexibility index (Phi) is 4.30. The van der Waals surface area contributed by atoms with Gasteiger partial charge in [0.1, 0.15) is 17.5 Å². The molecule has 0 saturated heterocycles. The highest BCUT2D eigenvalue weighted by Gasteiger charge is 2.05. The summed E-state index contributed by atoms with van der Waals surface area (Å²) >= 11 is 0. The minimum absolute atomic E-state index is 0.101. The lowest BCUT2D eigenvalue weighted by molar-refractivity contribution is 0.304. The van der Waals surface area contributed by atoms with Crippen molar-refractivity contribution in [2.45, 2.75) is 19.8 Å². The summed E-state index contributed by atoms with van der Waals surface area (Å²) in [6, 6.07) is 1.72. The number of likely N-dealkylation sites (N-methyl/N-ethyl adjacent to an activating group) is 1. The van der Waals surface area contributed by atoms with E-state index in [0.717, 1.165) is 24.5 Å². The molecule has 0 radical (unpaired) electrons. The molecule has 0 bridgehead atoms. The minimum Gasteiger partial charge on any atom is -0.395 e. The van der Waals surface area contributed by atoms with Crippen molar-refractivity contribution in [1.29, 1.82) is 0 Å². The van der Waals surface area contributed by atoms with Gasteiger partial charge in [0.15, 0.2) is 0 Å². The van der Waals surface area contributed by atoms with E-state index < -0.39 is 0 Å². The van der Waals surface area contributed by atoms with Gasteiger partial charge in [0.25, 0.3) is 0 Å². The molecule has 1 aromatic heterocycles. The molecule has 0 spiro atoms. The molecule has 1 heterocycles. The van der Waals surface area contributed by atoms with Crippen molar-refractivity contribution < 1.29 is 5.11 Å². The third-order valence-corrected chi connectivity index (χ3v) is 2.08. The molecule has 15 heavy (non-hydrogen) atoms. The summed E-state index contributed by atoms with van der Waals surface area (Å²) in [6.45, 7) is 2.72. The van der Waals surface area contributed by atoms with E-state index in [-0.39, 0.29) is 6.61 Å². The van der Waals surface area contributed by atoms with Crippen LogP contribution in [0, 0.1) is 0 Å². The van der Waals surface area contributed by atoms with Gasteiger partial charge in [-0.25, -0.2) is 9.97 Å². The Morgan fingerprint density at radius 2 is 2.20 bits per heavy atom. The maximum Gasteiger partial charge on any atom is 0.134 e. The first-order valence-electron chi connectivity index (χ1n) is 5.12. The highest BCUT2D eigenvalue weighted by molar-refractivity contribution is 5.46. The Morgan fingerprint density at radius 1 is 1.47 bits per heavy atom. The van der Waals surface area contributed by atoms with Crippen LogP contribution in [-0.2, 0) is 6.42 Å². The van der Waals surface area contributed by atoms with Crippen molar-refractivity contribution >= 4 is 11.6 Å². The molecule has 0 atom stereocenters. The molecule has 0 unspecified atom stereocenters. The standard InChI is InChI=1S/C10H18N4O/c1-3-4-9-12-8(11)7-10(13-9)14(2)5-6-15/h7,15H,3-6H2,1-2H3,(H2,11,12,13). The lowest BCUT2D eigenvalue weighted by Gasteiger charge is -2.17. The first-order chi connectivity index (χ1) is 7.17. The minimum atomic E-state index is 0.101.